The lowest BCUT2D eigenvalue weighted by molar-refractivity contribution is -0.147. The Balaban J connectivity index is 2.49. The Morgan fingerprint density at radius 3 is 2.67 bits per heavy atom. The van der Waals surface area contributed by atoms with Gasteiger partial charge >= 0.3 is 5.97 Å². The number of ether oxygens (including phenoxy) is 1. The van der Waals surface area contributed by atoms with E-state index in [9.17, 15) is 4.79 Å². The fourth-order valence-electron chi connectivity index (χ4n) is 1.52. The molecule has 0 aromatic heterocycles. The molecule has 12 heavy (non-hydrogen) atoms. The van der Waals surface area contributed by atoms with Gasteiger partial charge in [-0.15, -0.1) is 0 Å². The molecule has 0 saturated carbocycles. The summed E-state index contributed by atoms with van der Waals surface area (Å²) in [6.07, 6.45) is 2.12. The smallest absolute Gasteiger partial charge is 0.308 e. The Labute approximate surface area is 74.3 Å². The third kappa shape index (κ3) is 2.23. The van der Waals surface area contributed by atoms with E-state index in [4.69, 9.17) is 4.74 Å². The molecule has 0 N–H and O–H groups in total. The highest BCUT2D eigenvalue weighted by atomic mass is 16.5. The molecule has 70 valence electrons. The van der Waals surface area contributed by atoms with Gasteiger partial charge in [-0.05, 0) is 24.7 Å². The lowest BCUT2D eigenvalue weighted by Gasteiger charge is -2.16. The predicted molar refractivity (Wildman–Crippen MR) is 47.7 cm³/mol. The third-order valence-corrected chi connectivity index (χ3v) is 2.76. The molecule has 1 saturated heterocycles. The minimum Gasteiger partial charge on any atom is -0.465 e. The lowest BCUT2D eigenvalue weighted by atomic mass is 9.90. The van der Waals surface area contributed by atoms with Crippen LogP contribution in [-0.2, 0) is 9.53 Å². The molecule has 2 atom stereocenters. The number of cyclic esters (lactones) is 1. The maximum Gasteiger partial charge on any atom is 0.308 e. The number of esters is 1. The van der Waals surface area contributed by atoms with Gasteiger partial charge in [0.15, 0.2) is 0 Å². The molecule has 0 spiro atoms. The van der Waals surface area contributed by atoms with Crippen molar-refractivity contribution in [3.8, 4) is 0 Å². The summed E-state index contributed by atoms with van der Waals surface area (Å²) in [6, 6.07) is 0. The molecule has 1 aliphatic heterocycles. The summed E-state index contributed by atoms with van der Waals surface area (Å²) >= 11 is 0. The fraction of sp³-hybridized carbons (Fsp3) is 0.900. The summed E-state index contributed by atoms with van der Waals surface area (Å²) in [5, 5.41) is 0. The maximum atomic E-state index is 11.2. The number of rotatable bonds is 1. The van der Waals surface area contributed by atoms with Crippen molar-refractivity contribution < 1.29 is 9.53 Å². The van der Waals surface area contributed by atoms with Crippen LogP contribution in [0.2, 0.25) is 0 Å². The van der Waals surface area contributed by atoms with E-state index in [2.05, 4.69) is 13.8 Å². The van der Waals surface area contributed by atoms with Crippen molar-refractivity contribution in [2.45, 2.75) is 33.6 Å². The van der Waals surface area contributed by atoms with Gasteiger partial charge in [-0.1, -0.05) is 20.8 Å². The van der Waals surface area contributed by atoms with Crippen molar-refractivity contribution in [2.75, 3.05) is 6.61 Å². The van der Waals surface area contributed by atoms with E-state index >= 15 is 0 Å². The number of carbonyl (C=O) groups excluding carboxylic acids is 1. The summed E-state index contributed by atoms with van der Waals surface area (Å²) in [4.78, 5) is 11.2. The highest BCUT2D eigenvalue weighted by Crippen LogP contribution is 2.24. The minimum atomic E-state index is -0.0156. The standard InChI is InChI=1S/C10H18O2/c1-7(2)9-5-4-8(3)10(11)12-6-9/h7-9H,4-6H2,1-3H3/t8-,9+/m0/s1. The van der Waals surface area contributed by atoms with Crippen molar-refractivity contribution in [3.63, 3.8) is 0 Å². The summed E-state index contributed by atoms with van der Waals surface area (Å²) in [7, 11) is 0. The van der Waals surface area contributed by atoms with E-state index < -0.39 is 0 Å². The van der Waals surface area contributed by atoms with Crippen LogP contribution in [0.3, 0.4) is 0 Å². The molecule has 1 heterocycles. The van der Waals surface area contributed by atoms with Crippen LogP contribution in [0.25, 0.3) is 0 Å². The molecule has 1 fully saturated rings. The molecule has 0 amide bonds. The predicted octanol–water partition coefficient (Wildman–Crippen LogP) is 2.23. The van der Waals surface area contributed by atoms with E-state index in [0.717, 1.165) is 12.8 Å². The van der Waals surface area contributed by atoms with Crippen LogP contribution in [0.5, 0.6) is 0 Å². The van der Waals surface area contributed by atoms with E-state index in [1.807, 2.05) is 6.92 Å². The molecule has 2 heteroatoms. The van der Waals surface area contributed by atoms with Gasteiger partial charge in [0, 0.05) is 0 Å². The molecular weight excluding hydrogens is 152 g/mol. The largest absolute Gasteiger partial charge is 0.465 e. The third-order valence-electron chi connectivity index (χ3n) is 2.76. The van der Waals surface area contributed by atoms with Crippen LogP contribution < -0.4 is 0 Å². The monoisotopic (exact) mass is 170 g/mol. The van der Waals surface area contributed by atoms with Gasteiger partial charge in [0.1, 0.15) is 0 Å². The van der Waals surface area contributed by atoms with Crippen molar-refractivity contribution in [2.24, 2.45) is 17.8 Å². The molecule has 0 aromatic carbocycles. The van der Waals surface area contributed by atoms with Gasteiger partial charge in [-0.25, -0.2) is 0 Å². The second kappa shape index (κ2) is 3.92. The molecule has 0 bridgehead atoms. The number of carbonyl (C=O) groups is 1. The Morgan fingerprint density at radius 2 is 2.08 bits per heavy atom. The zero-order valence-corrected chi connectivity index (χ0v) is 8.17. The van der Waals surface area contributed by atoms with Crippen LogP contribution in [0, 0.1) is 17.8 Å². The SMILES string of the molecule is CC(C)[C@@H]1CC[C@H](C)C(=O)OC1. The van der Waals surface area contributed by atoms with E-state index in [-0.39, 0.29) is 11.9 Å². The van der Waals surface area contributed by atoms with Crippen LogP contribution in [0.1, 0.15) is 33.6 Å². The van der Waals surface area contributed by atoms with Gasteiger partial charge in [0.2, 0.25) is 0 Å². The Kier molecular flexibility index (Phi) is 3.12. The topological polar surface area (TPSA) is 26.3 Å². The molecule has 2 nitrogen and oxygen atoms in total. The molecule has 0 unspecified atom stereocenters. The summed E-state index contributed by atoms with van der Waals surface area (Å²) in [5.41, 5.74) is 0. The van der Waals surface area contributed by atoms with Gasteiger partial charge in [0.05, 0.1) is 12.5 Å². The molecule has 1 aliphatic rings. The van der Waals surface area contributed by atoms with Crippen molar-refractivity contribution in [3.05, 3.63) is 0 Å². The van der Waals surface area contributed by atoms with Gasteiger partial charge in [-0.3, -0.25) is 4.79 Å². The highest BCUT2D eigenvalue weighted by Gasteiger charge is 2.24. The normalized spacial score (nSPS) is 31.5. The summed E-state index contributed by atoms with van der Waals surface area (Å²) in [5.74, 6) is 1.29. The van der Waals surface area contributed by atoms with Crippen LogP contribution >= 0.6 is 0 Å². The highest BCUT2D eigenvalue weighted by molar-refractivity contribution is 5.72. The molecular formula is C10H18O2. The van der Waals surface area contributed by atoms with Gasteiger partial charge in [0.25, 0.3) is 0 Å². The zero-order valence-electron chi connectivity index (χ0n) is 8.17. The summed E-state index contributed by atoms with van der Waals surface area (Å²) < 4.78 is 5.15. The Bertz CT molecular complexity index is 163. The second-order valence-corrected chi connectivity index (χ2v) is 4.11. The maximum absolute atomic E-state index is 11.2. The number of hydrogen-bond acceptors (Lipinski definition) is 2. The lowest BCUT2D eigenvalue weighted by Crippen LogP contribution is -2.15. The van der Waals surface area contributed by atoms with Crippen molar-refractivity contribution >= 4 is 5.97 Å². The first-order valence-corrected chi connectivity index (χ1v) is 4.78. The fourth-order valence-corrected chi connectivity index (χ4v) is 1.52. The molecule has 0 aromatic rings. The first-order chi connectivity index (χ1) is 5.61. The minimum absolute atomic E-state index is 0.0156. The van der Waals surface area contributed by atoms with Crippen molar-refractivity contribution in [1.82, 2.24) is 0 Å². The van der Waals surface area contributed by atoms with Gasteiger partial charge in [-0.2, -0.15) is 0 Å². The Hall–Kier alpha value is -0.530. The van der Waals surface area contributed by atoms with Crippen LogP contribution in [-0.4, -0.2) is 12.6 Å². The second-order valence-electron chi connectivity index (χ2n) is 4.11. The zero-order chi connectivity index (χ0) is 9.14. The average molecular weight is 170 g/mol. The number of hydrogen-bond donors (Lipinski definition) is 0. The van der Waals surface area contributed by atoms with Crippen LogP contribution in [0.15, 0.2) is 0 Å². The van der Waals surface area contributed by atoms with Gasteiger partial charge < -0.3 is 4.74 Å². The summed E-state index contributed by atoms with van der Waals surface area (Å²) in [6.45, 7) is 6.95. The molecule has 0 aliphatic carbocycles. The average Bonchev–Trinajstić information content (AvgIpc) is 2.16. The quantitative estimate of drug-likeness (QED) is 0.564. The molecule has 0 radical (unpaired) electrons. The van der Waals surface area contributed by atoms with E-state index in [0.29, 0.717) is 18.4 Å². The van der Waals surface area contributed by atoms with Crippen molar-refractivity contribution in [1.29, 1.82) is 0 Å². The first kappa shape index (κ1) is 9.56. The van der Waals surface area contributed by atoms with E-state index in [1.54, 1.807) is 0 Å². The Morgan fingerprint density at radius 1 is 1.42 bits per heavy atom. The van der Waals surface area contributed by atoms with E-state index in [1.165, 1.54) is 0 Å². The first-order valence-electron chi connectivity index (χ1n) is 4.78. The van der Waals surface area contributed by atoms with Crippen LogP contribution in [0.4, 0.5) is 0 Å². The molecule has 1 rings (SSSR count).